The molecule has 1 heterocycles. The van der Waals surface area contributed by atoms with Gasteiger partial charge < -0.3 is 14.4 Å². The Kier molecular flexibility index (Phi) is 7.59. The van der Waals surface area contributed by atoms with Crippen LogP contribution in [0.4, 0.5) is 0 Å². The average molecular weight is 446 g/mol. The molecule has 31 heavy (non-hydrogen) atoms. The fourth-order valence-corrected chi connectivity index (χ4v) is 5.52. The summed E-state index contributed by atoms with van der Waals surface area (Å²) in [5.41, 5.74) is 3.05. The van der Waals surface area contributed by atoms with E-state index < -0.39 is 9.84 Å². The van der Waals surface area contributed by atoms with Crippen LogP contribution in [0.15, 0.2) is 42.5 Å². The molecule has 1 atom stereocenters. The maximum Gasteiger partial charge on any atom is 0.261 e. The van der Waals surface area contributed by atoms with E-state index in [-0.39, 0.29) is 30.1 Å². The van der Waals surface area contributed by atoms with E-state index in [4.69, 9.17) is 9.47 Å². The lowest BCUT2D eigenvalue weighted by Crippen LogP contribution is -2.43. The Bertz CT molecular complexity index is 981. The number of benzene rings is 2. The molecule has 0 aromatic heterocycles. The number of ether oxygens (including phenoxy) is 2. The molecule has 1 saturated heterocycles. The third kappa shape index (κ3) is 6.72. The van der Waals surface area contributed by atoms with Gasteiger partial charge in [0.05, 0.1) is 18.1 Å². The summed E-state index contributed by atoms with van der Waals surface area (Å²) < 4.78 is 35.4. The fraction of sp³-hybridized carbons (Fsp3) is 0.458. The number of sulfone groups is 1. The first-order chi connectivity index (χ1) is 14.8. The Morgan fingerprint density at radius 3 is 2.29 bits per heavy atom. The molecule has 1 unspecified atom stereocenters. The molecule has 0 bridgehead atoms. The maximum absolute atomic E-state index is 13.1. The van der Waals surface area contributed by atoms with E-state index in [2.05, 4.69) is 0 Å². The monoisotopic (exact) mass is 445 g/mol. The third-order valence-electron chi connectivity index (χ3n) is 5.28. The summed E-state index contributed by atoms with van der Waals surface area (Å²) in [6, 6.07) is 13.1. The topological polar surface area (TPSA) is 72.9 Å². The van der Waals surface area contributed by atoms with Gasteiger partial charge in [-0.25, -0.2) is 8.42 Å². The summed E-state index contributed by atoms with van der Waals surface area (Å²) in [7, 11) is -3.12. The summed E-state index contributed by atoms with van der Waals surface area (Å²) in [5.74, 6) is 1.32. The van der Waals surface area contributed by atoms with Crippen LogP contribution in [0.1, 0.15) is 36.5 Å². The van der Waals surface area contributed by atoms with E-state index in [0.29, 0.717) is 25.3 Å². The normalized spacial score (nSPS) is 17.3. The molecule has 0 spiro atoms. The largest absolute Gasteiger partial charge is 0.494 e. The first-order valence-corrected chi connectivity index (χ1v) is 12.5. The summed E-state index contributed by atoms with van der Waals surface area (Å²) in [6.45, 7) is 6.87. The molecule has 0 aliphatic carbocycles. The number of rotatable bonds is 9. The molecule has 0 saturated carbocycles. The Morgan fingerprint density at radius 1 is 1.03 bits per heavy atom. The number of aryl methyl sites for hydroxylation is 2. The molecule has 1 aliphatic rings. The van der Waals surface area contributed by atoms with Crippen molar-refractivity contribution in [2.45, 2.75) is 46.2 Å². The average Bonchev–Trinajstić information content (AvgIpc) is 3.08. The van der Waals surface area contributed by atoms with Crippen molar-refractivity contribution in [3.8, 4) is 11.5 Å². The number of amides is 1. The van der Waals surface area contributed by atoms with E-state index in [0.717, 1.165) is 28.9 Å². The predicted molar refractivity (Wildman–Crippen MR) is 121 cm³/mol. The summed E-state index contributed by atoms with van der Waals surface area (Å²) >= 11 is 0. The number of carbonyl (C=O) groups is 1. The quantitative estimate of drug-likeness (QED) is 0.589. The first kappa shape index (κ1) is 23.1. The van der Waals surface area contributed by atoms with Crippen LogP contribution in [0.5, 0.6) is 11.5 Å². The van der Waals surface area contributed by atoms with Gasteiger partial charge in [0.1, 0.15) is 11.5 Å². The van der Waals surface area contributed by atoms with Crippen LogP contribution in [0.3, 0.4) is 0 Å². The van der Waals surface area contributed by atoms with Gasteiger partial charge in [-0.15, -0.1) is 0 Å². The molecule has 2 aromatic rings. The second kappa shape index (κ2) is 10.2. The van der Waals surface area contributed by atoms with E-state index in [1.807, 2.05) is 63.2 Å². The molecular formula is C24H31NO5S. The van der Waals surface area contributed by atoms with Gasteiger partial charge in [-0.3, -0.25) is 4.79 Å². The van der Waals surface area contributed by atoms with E-state index in [1.54, 1.807) is 4.90 Å². The van der Waals surface area contributed by atoms with Crippen molar-refractivity contribution >= 4 is 15.7 Å². The molecule has 1 aliphatic heterocycles. The zero-order valence-corrected chi connectivity index (χ0v) is 19.3. The second-order valence-corrected chi connectivity index (χ2v) is 10.4. The highest BCUT2D eigenvalue weighted by molar-refractivity contribution is 7.91. The molecule has 7 heteroatoms. The predicted octanol–water partition coefficient (Wildman–Crippen LogP) is 3.69. The maximum atomic E-state index is 13.1. The Labute approximate surface area is 185 Å². The molecule has 6 nitrogen and oxygen atoms in total. The highest BCUT2D eigenvalue weighted by Gasteiger charge is 2.34. The van der Waals surface area contributed by atoms with Crippen LogP contribution in [-0.2, 0) is 21.2 Å². The van der Waals surface area contributed by atoms with Gasteiger partial charge in [0.15, 0.2) is 16.4 Å². The van der Waals surface area contributed by atoms with Crippen molar-refractivity contribution in [1.29, 1.82) is 0 Å². The Hall–Kier alpha value is -2.54. The standard InChI is InChI=1S/C24H31NO5S/c1-4-10-29-22-7-5-20(6-8-22)15-25(21-9-11-31(27,28)17-21)24(26)16-30-23-13-18(2)12-19(3)14-23/h5-8,12-14,21H,4,9-11,15-17H2,1-3H3. The summed E-state index contributed by atoms with van der Waals surface area (Å²) in [6.07, 6.45) is 1.38. The molecular weight excluding hydrogens is 414 g/mol. The lowest BCUT2D eigenvalue weighted by Gasteiger charge is -2.28. The van der Waals surface area contributed by atoms with Crippen molar-refractivity contribution in [3.05, 3.63) is 59.2 Å². The Morgan fingerprint density at radius 2 is 1.71 bits per heavy atom. The highest BCUT2D eigenvalue weighted by atomic mass is 32.2. The van der Waals surface area contributed by atoms with Gasteiger partial charge in [0.2, 0.25) is 0 Å². The molecule has 1 amide bonds. The van der Waals surface area contributed by atoms with E-state index in [9.17, 15) is 13.2 Å². The number of hydrogen-bond donors (Lipinski definition) is 0. The van der Waals surface area contributed by atoms with Gasteiger partial charge in [-0.2, -0.15) is 0 Å². The number of carbonyl (C=O) groups excluding carboxylic acids is 1. The van der Waals surface area contributed by atoms with Crippen LogP contribution in [-0.4, -0.2) is 50.0 Å². The molecule has 3 rings (SSSR count). The van der Waals surface area contributed by atoms with Crippen LogP contribution < -0.4 is 9.47 Å². The zero-order valence-electron chi connectivity index (χ0n) is 18.5. The van der Waals surface area contributed by atoms with Crippen molar-refractivity contribution in [2.24, 2.45) is 0 Å². The van der Waals surface area contributed by atoms with Crippen LogP contribution in [0, 0.1) is 13.8 Å². The minimum atomic E-state index is -3.12. The van der Waals surface area contributed by atoms with E-state index >= 15 is 0 Å². The van der Waals surface area contributed by atoms with Gasteiger partial charge in [0, 0.05) is 12.6 Å². The van der Waals surface area contributed by atoms with Crippen molar-refractivity contribution in [2.75, 3.05) is 24.7 Å². The molecule has 1 fully saturated rings. The minimum Gasteiger partial charge on any atom is -0.494 e. The highest BCUT2D eigenvalue weighted by Crippen LogP contribution is 2.22. The lowest BCUT2D eigenvalue weighted by atomic mass is 10.1. The van der Waals surface area contributed by atoms with Gasteiger partial charge >= 0.3 is 0 Å². The summed E-state index contributed by atoms with van der Waals surface area (Å²) in [4.78, 5) is 14.7. The minimum absolute atomic E-state index is 0.0000119. The molecule has 0 radical (unpaired) electrons. The first-order valence-electron chi connectivity index (χ1n) is 10.7. The third-order valence-corrected chi connectivity index (χ3v) is 7.03. The number of hydrogen-bond acceptors (Lipinski definition) is 5. The van der Waals surface area contributed by atoms with E-state index in [1.165, 1.54) is 0 Å². The summed E-state index contributed by atoms with van der Waals surface area (Å²) in [5, 5.41) is 0. The number of nitrogens with zero attached hydrogens (tertiary/aromatic N) is 1. The van der Waals surface area contributed by atoms with Gasteiger partial charge in [0.25, 0.3) is 5.91 Å². The lowest BCUT2D eigenvalue weighted by molar-refractivity contribution is -0.136. The SMILES string of the molecule is CCCOc1ccc(CN(C(=O)COc2cc(C)cc(C)c2)C2CCS(=O)(=O)C2)cc1. The van der Waals surface area contributed by atoms with Crippen LogP contribution in [0.2, 0.25) is 0 Å². The van der Waals surface area contributed by atoms with Crippen LogP contribution >= 0.6 is 0 Å². The molecule has 2 aromatic carbocycles. The molecule has 168 valence electrons. The Balaban J connectivity index is 1.72. The van der Waals surface area contributed by atoms with Crippen LogP contribution in [0.25, 0.3) is 0 Å². The van der Waals surface area contributed by atoms with Crippen molar-refractivity contribution in [1.82, 2.24) is 4.90 Å². The second-order valence-electron chi connectivity index (χ2n) is 8.18. The molecule has 0 N–H and O–H groups in total. The fourth-order valence-electron chi connectivity index (χ4n) is 3.79. The smallest absolute Gasteiger partial charge is 0.261 e. The van der Waals surface area contributed by atoms with Crippen molar-refractivity contribution in [3.63, 3.8) is 0 Å². The van der Waals surface area contributed by atoms with Gasteiger partial charge in [-0.1, -0.05) is 25.1 Å². The van der Waals surface area contributed by atoms with Crippen molar-refractivity contribution < 1.29 is 22.7 Å². The van der Waals surface area contributed by atoms with Gasteiger partial charge in [-0.05, 0) is 67.6 Å². The zero-order chi connectivity index (χ0) is 22.4.